The van der Waals surface area contributed by atoms with E-state index in [1.54, 1.807) is 0 Å². The predicted molar refractivity (Wildman–Crippen MR) is 38.0 cm³/mol. The number of hydrogen-bond donors (Lipinski definition) is 0. The molecule has 10 heteroatoms. The van der Waals surface area contributed by atoms with Gasteiger partial charge in [-0.1, -0.05) is 0 Å². The van der Waals surface area contributed by atoms with E-state index in [1.807, 2.05) is 0 Å². The molecular formula is C8H3F9N+. The Morgan fingerprint density at radius 1 is 0.611 bits per heavy atom. The lowest BCUT2D eigenvalue weighted by Gasteiger charge is -2.10. The van der Waals surface area contributed by atoms with Gasteiger partial charge < -0.3 is 0 Å². The van der Waals surface area contributed by atoms with Gasteiger partial charge in [-0.25, -0.2) is 0 Å². The number of halogens is 9. The molecule has 0 atom stereocenters. The van der Waals surface area contributed by atoms with Gasteiger partial charge in [0.15, 0.2) is 0 Å². The van der Waals surface area contributed by atoms with Crippen molar-refractivity contribution in [1.29, 1.82) is 0 Å². The van der Waals surface area contributed by atoms with E-state index in [2.05, 4.69) is 0 Å². The van der Waals surface area contributed by atoms with E-state index in [0.29, 0.717) is 0 Å². The second-order valence-corrected chi connectivity index (χ2v) is 3.19. The standard InChI is InChI=1S/C8H2F9N/c9-6(10,11)3-1-4(7(12,13)14)18-5(2-3)8(15,16)17/h1-2H/p+1. The van der Waals surface area contributed by atoms with Crippen molar-refractivity contribution in [3.8, 4) is 0 Å². The molecule has 1 N–H and O–H groups in total. The fourth-order valence-corrected chi connectivity index (χ4v) is 1.04. The van der Waals surface area contributed by atoms with Crippen molar-refractivity contribution in [3.05, 3.63) is 29.1 Å². The van der Waals surface area contributed by atoms with Crippen LogP contribution in [0.1, 0.15) is 17.0 Å². The predicted octanol–water partition coefficient (Wildman–Crippen LogP) is 3.56. The van der Waals surface area contributed by atoms with Crippen molar-refractivity contribution in [3.63, 3.8) is 0 Å². The number of rotatable bonds is 0. The van der Waals surface area contributed by atoms with Gasteiger partial charge in [-0.05, 0) is 0 Å². The molecule has 102 valence electrons. The van der Waals surface area contributed by atoms with Gasteiger partial charge in [0, 0.05) is 12.1 Å². The van der Waals surface area contributed by atoms with Gasteiger partial charge in [-0.15, -0.1) is 0 Å². The van der Waals surface area contributed by atoms with E-state index in [4.69, 9.17) is 0 Å². The first-order chi connectivity index (χ1) is 7.82. The maximum atomic E-state index is 12.2. The van der Waals surface area contributed by atoms with Crippen molar-refractivity contribution in [2.75, 3.05) is 0 Å². The van der Waals surface area contributed by atoms with Crippen LogP contribution >= 0.6 is 0 Å². The van der Waals surface area contributed by atoms with E-state index in [-0.39, 0.29) is 0 Å². The molecule has 18 heavy (non-hydrogen) atoms. The average Bonchev–Trinajstić information content (AvgIpc) is 2.13. The Balaban J connectivity index is 3.49. The molecule has 0 spiro atoms. The van der Waals surface area contributed by atoms with Gasteiger partial charge in [0.2, 0.25) is 0 Å². The number of alkyl halides is 9. The zero-order chi connectivity index (χ0) is 14.4. The molecule has 0 amide bonds. The molecule has 1 aromatic rings. The highest BCUT2D eigenvalue weighted by Gasteiger charge is 2.47. The van der Waals surface area contributed by atoms with Crippen molar-refractivity contribution >= 4 is 0 Å². The number of hydrogen-bond acceptors (Lipinski definition) is 0. The van der Waals surface area contributed by atoms with Crippen molar-refractivity contribution < 1.29 is 44.5 Å². The van der Waals surface area contributed by atoms with Crippen LogP contribution < -0.4 is 4.98 Å². The van der Waals surface area contributed by atoms with E-state index in [1.165, 1.54) is 0 Å². The molecule has 0 unspecified atom stereocenters. The van der Waals surface area contributed by atoms with Crippen LogP contribution in [0.15, 0.2) is 12.1 Å². The van der Waals surface area contributed by atoms with Crippen molar-refractivity contribution in [2.45, 2.75) is 18.5 Å². The monoisotopic (exact) mass is 284 g/mol. The topological polar surface area (TPSA) is 14.1 Å². The lowest BCUT2D eigenvalue weighted by molar-refractivity contribution is -0.462. The molecule has 0 aromatic carbocycles. The molecular weight excluding hydrogens is 281 g/mol. The molecule has 0 aliphatic carbocycles. The van der Waals surface area contributed by atoms with Gasteiger partial charge in [-0.2, -0.15) is 44.5 Å². The number of aromatic nitrogens is 1. The molecule has 0 bridgehead atoms. The van der Waals surface area contributed by atoms with Crippen LogP contribution in [0.4, 0.5) is 39.5 Å². The third-order valence-electron chi connectivity index (χ3n) is 1.81. The molecule has 1 nitrogen and oxygen atoms in total. The summed E-state index contributed by atoms with van der Waals surface area (Å²) in [5.41, 5.74) is -6.27. The molecule has 0 aliphatic rings. The molecule has 1 aromatic heterocycles. The molecule has 1 rings (SSSR count). The third-order valence-corrected chi connectivity index (χ3v) is 1.81. The lowest BCUT2D eigenvalue weighted by atomic mass is 10.1. The molecule has 0 fully saturated rings. The Bertz CT molecular complexity index is 360. The third kappa shape index (κ3) is 3.26. The van der Waals surface area contributed by atoms with Gasteiger partial charge >= 0.3 is 18.5 Å². The number of aromatic amines is 1. The molecule has 1 heterocycles. The summed E-state index contributed by atoms with van der Waals surface area (Å²) in [6, 6.07) is -0.843. The van der Waals surface area contributed by atoms with Crippen LogP contribution in [0, 0.1) is 0 Å². The summed E-state index contributed by atoms with van der Waals surface area (Å²) in [6.07, 6.45) is -16.0. The van der Waals surface area contributed by atoms with Crippen LogP contribution in [0.2, 0.25) is 0 Å². The van der Waals surface area contributed by atoms with Crippen LogP contribution in [-0.2, 0) is 18.5 Å². The molecule has 0 aliphatic heterocycles. The van der Waals surface area contributed by atoms with Crippen LogP contribution in [-0.4, -0.2) is 0 Å². The molecule has 0 saturated carbocycles. The van der Waals surface area contributed by atoms with Gasteiger partial charge in [0.25, 0.3) is 11.4 Å². The first-order valence-electron chi connectivity index (χ1n) is 4.11. The Morgan fingerprint density at radius 3 is 1.17 bits per heavy atom. The smallest absolute Gasteiger partial charge is 0.197 e. The minimum Gasteiger partial charge on any atom is -0.197 e. The minimum absolute atomic E-state index is 0.421. The first-order valence-corrected chi connectivity index (χ1v) is 4.11. The fraction of sp³-hybridized carbons (Fsp3) is 0.375. The van der Waals surface area contributed by atoms with Gasteiger partial charge in [-0.3, -0.25) is 0 Å². The van der Waals surface area contributed by atoms with E-state index in [0.717, 1.165) is 4.98 Å². The van der Waals surface area contributed by atoms with Crippen molar-refractivity contribution in [2.24, 2.45) is 0 Å². The Morgan fingerprint density at radius 2 is 0.944 bits per heavy atom. The summed E-state index contributed by atoms with van der Waals surface area (Å²) >= 11 is 0. The van der Waals surface area contributed by atoms with Crippen molar-refractivity contribution in [1.82, 2.24) is 0 Å². The van der Waals surface area contributed by atoms with E-state index < -0.39 is 47.6 Å². The van der Waals surface area contributed by atoms with Crippen LogP contribution in [0.3, 0.4) is 0 Å². The van der Waals surface area contributed by atoms with Crippen LogP contribution in [0.25, 0.3) is 0 Å². The maximum Gasteiger partial charge on any atom is 0.477 e. The second-order valence-electron chi connectivity index (χ2n) is 3.19. The number of nitrogens with one attached hydrogen (secondary N) is 1. The Labute approximate surface area is 93.2 Å². The average molecular weight is 284 g/mol. The van der Waals surface area contributed by atoms with E-state index >= 15 is 0 Å². The fourth-order valence-electron chi connectivity index (χ4n) is 1.04. The Kier molecular flexibility index (Phi) is 3.26. The number of H-pyrrole nitrogens is 1. The number of pyridine rings is 1. The van der Waals surface area contributed by atoms with E-state index in [9.17, 15) is 39.5 Å². The maximum absolute atomic E-state index is 12.2. The SMILES string of the molecule is FC(F)(F)c1cc(C(F)(F)F)[nH+]c(C(F)(F)F)c1. The van der Waals surface area contributed by atoms with Gasteiger partial charge in [0.05, 0.1) is 5.56 Å². The summed E-state index contributed by atoms with van der Waals surface area (Å²) in [6.45, 7) is 0. The molecule has 0 radical (unpaired) electrons. The zero-order valence-electron chi connectivity index (χ0n) is 8.06. The van der Waals surface area contributed by atoms with Crippen LogP contribution in [0.5, 0.6) is 0 Å². The Hall–Kier alpha value is -1.48. The van der Waals surface area contributed by atoms with Gasteiger partial charge in [0.1, 0.15) is 0 Å². The largest absolute Gasteiger partial charge is 0.477 e. The summed E-state index contributed by atoms with van der Waals surface area (Å²) < 4.78 is 109. The normalized spacial score (nSPS) is 13.8. The highest BCUT2D eigenvalue weighted by Crippen LogP contribution is 2.36. The second kappa shape index (κ2) is 4.02. The summed E-state index contributed by atoms with van der Waals surface area (Å²) in [5.74, 6) is 0. The summed E-state index contributed by atoms with van der Waals surface area (Å²) in [5, 5.41) is 0. The quantitative estimate of drug-likeness (QED) is 0.647. The minimum atomic E-state index is -5.35. The molecule has 0 saturated heterocycles. The highest BCUT2D eigenvalue weighted by atomic mass is 19.4. The highest BCUT2D eigenvalue weighted by molar-refractivity contribution is 5.22. The lowest BCUT2D eigenvalue weighted by Crippen LogP contribution is -2.30. The first kappa shape index (κ1) is 14.6. The summed E-state index contributed by atoms with van der Waals surface area (Å²) in [7, 11) is 0. The summed E-state index contributed by atoms with van der Waals surface area (Å²) in [4.78, 5) is 0.887. The zero-order valence-corrected chi connectivity index (χ0v) is 8.06.